The first kappa shape index (κ1) is 11.1. The van der Waals surface area contributed by atoms with E-state index in [-0.39, 0.29) is 5.56 Å². The van der Waals surface area contributed by atoms with E-state index in [2.05, 4.69) is 33.7 Å². The van der Waals surface area contributed by atoms with Crippen molar-refractivity contribution in [3.05, 3.63) is 22.7 Å². The molecule has 0 aromatic carbocycles. The molecule has 0 amide bonds. The van der Waals surface area contributed by atoms with Gasteiger partial charge in [-0.1, -0.05) is 6.92 Å². The molecular weight excluding hydrogens is 204 g/mol. The van der Waals surface area contributed by atoms with Gasteiger partial charge in [0.15, 0.2) is 5.82 Å². The standard InChI is InChI=1S/C11H18N4O/c1-3-9-8-15(7-6-14(9)2)10-11(16)13-5-4-12-10/h4-5,9H,3,6-8H2,1-2H3,(H,13,16). The summed E-state index contributed by atoms with van der Waals surface area (Å²) in [5, 5.41) is 0. The van der Waals surface area contributed by atoms with Crippen molar-refractivity contribution in [1.29, 1.82) is 0 Å². The molecule has 0 aliphatic carbocycles. The van der Waals surface area contributed by atoms with E-state index in [4.69, 9.17) is 0 Å². The van der Waals surface area contributed by atoms with Gasteiger partial charge in [-0.15, -0.1) is 0 Å². The van der Waals surface area contributed by atoms with Crippen molar-refractivity contribution in [3.63, 3.8) is 0 Å². The van der Waals surface area contributed by atoms with Crippen molar-refractivity contribution >= 4 is 5.82 Å². The molecule has 0 spiro atoms. The highest BCUT2D eigenvalue weighted by Gasteiger charge is 2.24. The maximum atomic E-state index is 11.6. The lowest BCUT2D eigenvalue weighted by molar-refractivity contribution is 0.212. The SMILES string of the molecule is CCC1CN(c2ncc[nH]c2=O)CCN1C. The number of piperazine rings is 1. The van der Waals surface area contributed by atoms with E-state index >= 15 is 0 Å². The summed E-state index contributed by atoms with van der Waals surface area (Å²) < 4.78 is 0. The number of rotatable bonds is 2. The number of anilines is 1. The van der Waals surface area contributed by atoms with E-state index in [1.54, 1.807) is 12.4 Å². The van der Waals surface area contributed by atoms with Gasteiger partial charge in [0.25, 0.3) is 5.56 Å². The van der Waals surface area contributed by atoms with Gasteiger partial charge in [0.05, 0.1) is 0 Å². The number of nitrogens with zero attached hydrogens (tertiary/aromatic N) is 3. The Hall–Kier alpha value is -1.36. The highest BCUT2D eigenvalue weighted by molar-refractivity contribution is 5.36. The molecule has 1 aromatic heterocycles. The predicted molar refractivity (Wildman–Crippen MR) is 63.8 cm³/mol. The van der Waals surface area contributed by atoms with Crippen LogP contribution in [0.15, 0.2) is 17.2 Å². The Bertz CT molecular complexity index is 403. The zero-order valence-electron chi connectivity index (χ0n) is 9.81. The quantitative estimate of drug-likeness (QED) is 0.782. The predicted octanol–water partition coefficient (Wildman–Crippen LogP) is 0.300. The summed E-state index contributed by atoms with van der Waals surface area (Å²) in [7, 11) is 2.13. The van der Waals surface area contributed by atoms with Gasteiger partial charge in [-0.3, -0.25) is 9.69 Å². The monoisotopic (exact) mass is 222 g/mol. The summed E-state index contributed by atoms with van der Waals surface area (Å²) in [6.07, 6.45) is 4.30. The molecule has 0 radical (unpaired) electrons. The molecule has 0 saturated carbocycles. The van der Waals surface area contributed by atoms with Crippen LogP contribution in [0, 0.1) is 0 Å². The first-order chi connectivity index (χ1) is 7.72. The molecule has 1 unspecified atom stereocenters. The molecule has 0 bridgehead atoms. The minimum Gasteiger partial charge on any atom is -0.349 e. The molecule has 1 fully saturated rings. The van der Waals surface area contributed by atoms with Crippen molar-refractivity contribution in [1.82, 2.24) is 14.9 Å². The molecule has 5 nitrogen and oxygen atoms in total. The van der Waals surface area contributed by atoms with Crippen molar-refractivity contribution in [2.75, 3.05) is 31.6 Å². The Morgan fingerprint density at radius 2 is 2.38 bits per heavy atom. The number of aromatic amines is 1. The zero-order chi connectivity index (χ0) is 11.5. The molecule has 2 rings (SSSR count). The molecule has 1 N–H and O–H groups in total. The lowest BCUT2D eigenvalue weighted by Crippen LogP contribution is -2.52. The van der Waals surface area contributed by atoms with Crippen LogP contribution in [0.4, 0.5) is 5.82 Å². The Labute approximate surface area is 95.1 Å². The number of nitrogens with one attached hydrogen (secondary N) is 1. The Morgan fingerprint density at radius 1 is 1.56 bits per heavy atom. The number of H-pyrrole nitrogens is 1. The van der Waals surface area contributed by atoms with E-state index in [9.17, 15) is 4.79 Å². The first-order valence-electron chi connectivity index (χ1n) is 5.71. The second-order valence-corrected chi connectivity index (χ2v) is 4.23. The number of likely N-dealkylation sites (N-methyl/N-ethyl adjacent to an activating group) is 1. The summed E-state index contributed by atoms with van der Waals surface area (Å²) in [6, 6.07) is 0.509. The highest BCUT2D eigenvalue weighted by atomic mass is 16.1. The fourth-order valence-electron chi connectivity index (χ4n) is 2.15. The third kappa shape index (κ3) is 2.09. The Kier molecular flexibility index (Phi) is 3.24. The fourth-order valence-corrected chi connectivity index (χ4v) is 2.15. The number of hydrogen-bond donors (Lipinski definition) is 1. The maximum absolute atomic E-state index is 11.6. The lowest BCUT2D eigenvalue weighted by Gasteiger charge is -2.39. The summed E-state index contributed by atoms with van der Waals surface area (Å²) in [6.45, 7) is 4.90. The summed E-state index contributed by atoms with van der Waals surface area (Å²) >= 11 is 0. The van der Waals surface area contributed by atoms with Gasteiger partial charge in [0.1, 0.15) is 0 Å². The maximum Gasteiger partial charge on any atom is 0.290 e. The number of hydrogen-bond acceptors (Lipinski definition) is 4. The molecule has 5 heteroatoms. The molecule has 88 valence electrons. The molecule has 1 aliphatic rings. The Balaban J connectivity index is 2.18. The first-order valence-corrected chi connectivity index (χ1v) is 5.71. The van der Waals surface area contributed by atoms with Crippen LogP contribution in [0.3, 0.4) is 0 Å². The molecule has 2 heterocycles. The van der Waals surface area contributed by atoms with Gasteiger partial charge < -0.3 is 9.88 Å². The van der Waals surface area contributed by atoms with Crippen molar-refractivity contribution in [3.8, 4) is 0 Å². The molecule has 1 aliphatic heterocycles. The zero-order valence-corrected chi connectivity index (χ0v) is 9.81. The van der Waals surface area contributed by atoms with Gasteiger partial charge in [0, 0.05) is 38.1 Å². The minimum absolute atomic E-state index is 0.0955. The van der Waals surface area contributed by atoms with Crippen LogP contribution >= 0.6 is 0 Å². The lowest BCUT2D eigenvalue weighted by atomic mass is 10.1. The van der Waals surface area contributed by atoms with E-state index in [1.807, 2.05) is 0 Å². The van der Waals surface area contributed by atoms with Crippen LogP contribution in [0.1, 0.15) is 13.3 Å². The van der Waals surface area contributed by atoms with Gasteiger partial charge in [-0.05, 0) is 13.5 Å². The summed E-state index contributed by atoms with van der Waals surface area (Å²) in [5.74, 6) is 0.550. The average Bonchev–Trinajstić information content (AvgIpc) is 2.31. The van der Waals surface area contributed by atoms with Crippen LogP contribution in [-0.4, -0.2) is 47.6 Å². The third-order valence-electron chi connectivity index (χ3n) is 3.24. The highest BCUT2D eigenvalue weighted by Crippen LogP contribution is 2.13. The van der Waals surface area contributed by atoms with E-state index in [1.165, 1.54) is 0 Å². The second-order valence-electron chi connectivity index (χ2n) is 4.23. The minimum atomic E-state index is -0.0955. The molecule has 1 atom stereocenters. The smallest absolute Gasteiger partial charge is 0.290 e. The fraction of sp³-hybridized carbons (Fsp3) is 0.636. The van der Waals surface area contributed by atoms with Crippen LogP contribution in [0.25, 0.3) is 0 Å². The van der Waals surface area contributed by atoms with Crippen LogP contribution < -0.4 is 10.5 Å². The molecular formula is C11H18N4O. The van der Waals surface area contributed by atoms with E-state index < -0.39 is 0 Å². The topological polar surface area (TPSA) is 52.2 Å². The molecule has 16 heavy (non-hydrogen) atoms. The van der Waals surface area contributed by atoms with Gasteiger partial charge >= 0.3 is 0 Å². The van der Waals surface area contributed by atoms with Gasteiger partial charge in [0.2, 0.25) is 0 Å². The summed E-state index contributed by atoms with van der Waals surface area (Å²) in [4.78, 5) is 22.9. The molecule has 1 aromatic rings. The van der Waals surface area contributed by atoms with Crippen molar-refractivity contribution in [2.45, 2.75) is 19.4 Å². The summed E-state index contributed by atoms with van der Waals surface area (Å²) in [5.41, 5.74) is -0.0955. The normalized spacial score (nSPS) is 22.4. The van der Waals surface area contributed by atoms with Crippen molar-refractivity contribution < 1.29 is 0 Å². The second kappa shape index (κ2) is 4.65. The van der Waals surface area contributed by atoms with Crippen molar-refractivity contribution in [2.24, 2.45) is 0 Å². The largest absolute Gasteiger partial charge is 0.349 e. The molecule has 1 saturated heterocycles. The van der Waals surface area contributed by atoms with Gasteiger partial charge in [-0.25, -0.2) is 4.98 Å². The average molecular weight is 222 g/mol. The van der Waals surface area contributed by atoms with Gasteiger partial charge in [-0.2, -0.15) is 0 Å². The van der Waals surface area contributed by atoms with Crippen LogP contribution in [0.2, 0.25) is 0 Å². The number of aromatic nitrogens is 2. The third-order valence-corrected chi connectivity index (χ3v) is 3.24. The van der Waals surface area contributed by atoms with Crippen LogP contribution in [-0.2, 0) is 0 Å². The van der Waals surface area contributed by atoms with Crippen LogP contribution in [0.5, 0.6) is 0 Å². The van der Waals surface area contributed by atoms with E-state index in [0.717, 1.165) is 26.1 Å². The Morgan fingerprint density at radius 3 is 3.06 bits per heavy atom. The van der Waals surface area contributed by atoms with E-state index in [0.29, 0.717) is 11.9 Å².